The number of amides is 1. The summed E-state index contributed by atoms with van der Waals surface area (Å²) >= 11 is 0. The second-order valence-electron chi connectivity index (χ2n) is 6.74. The number of benzene rings is 1. The maximum Gasteiger partial charge on any atom is 0.254 e. The van der Waals surface area contributed by atoms with E-state index in [1.807, 2.05) is 30.9 Å². The van der Waals surface area contributed by atoms with Gasteiger partial charge >= 0.3 is 0 Å². The molecule has 0 radical (unpaired) electrons. The molecule has 120 valence electrons. The molecule has 1 saturated carbocycles. The topological polar surface area (TPSA) is 41.6 Å². The van der Waals surface area contributed by atoms with Crippen molar-refractivity contribution in [1.29, 1.82) is 0 Å². The first-order valence-corrected chi connectivity index (χ1v) is 8.36. The zero-order valence-corrected chi connectivity index (χ0v) is 13.5. The smallest absolute Gasteiger partial charge is 0.254 e. The summed E-state index contributed by atoms with van der Waals surface area (Å²) in [6.45, 7) is 7.39. The monoisotopic (exact) mass is 302 g/mol. The molecule has 0 aromatic heterocycles. The Balaban J connectivity index is 1.55. The number of hydrogen-bond acceptors (Lipinski definition) is 3. The van der Waals surface area contributed by atoms with E-state index in [-0.39, 0.29) is 18.1 Å². The van der Waals surface area contributed by atoms with Gasteiger partial charge in [-0.2, -0.15) is 0 Å². The Bertz CT molecular complexity index is 500. The number of carbonyl (C=O) groups is 1. The van der Waals surface area contributed by atoms with Crippen molar-refractivity contribution in [1.82, 2.24) is 10.2 Å². The summed E-state index contributed by atoms with van der Waals surface area (Å²) in [5.41, 5.74) is 2.01. The third-order valence-electron chi connectivity index (χ3n) is 4.37. The zero-order valence-electron chi connectivity index (χ0n) is 13.5. The summed E-state index contributed by atoms with van der Waals surface area (Å²) < 4.78 is 5.69. The highest BCUT2D eigenvalue weighted by molar-refractivity contribution is 5.94. The minimum Gasteiger partial charge on any atom is -0.372 e. The highest BCUT2D eigenvalue weighted by Gasteiger charge is 2.26. The quantitative estimate of drug-likeness (QED) is 0.908. The van der Waals surface area contributed by atoms with Gasteiger partial charge in [-0.05, 0) is 56.8 Å². The molecule has 2 atom stereocenters. The summed E-state index contributed by atoms with van der Waals surface area (Å²) in [5, 5.41) is 3.48. The molecule has 2 unspecified atom stereocenters. The van der Waals surface area contributed by atoms with Crippen LogP contribution in [0.3, 0.4) is 0 Å². The van der Waals surface area contributed by atoms with Gasteiger partial charge in [0.15, 0.2) is 0 Å². The number of nitrogens with zero attached hydrogens (tertiary/aromatic N) is 1. The highest BCUT2D eigenvalue weighted by Crippen LogP contribution is 2.27. The lowest BCUT2D eigenvalue weighted by atomic mass is 10.1. The van der Waals surface area contributed by atoms with Crippen molar-refractivity contribution in [2.24, 2.45) is 5.92 Å². The molecule has 1 N–H and O–H groups in total. The van der Waals surface area contributed by atoms with Gasteiger partial charge in [-0.15, -0.1) is 0 Å². The Hall–Kier alpha value is -1.39. The fraction of sp³-hybridized carbons (Fsp3) is 0.611. The molecule has 1 saturated heterocycles. The van der Waals surface area contributed by atoms with Crippen molar-refractivity contribution < 1.29 is 9.53 Å². The van der Waals surface area contributed by atoms with Crippen LogP contribution < -0.4 is 5.32 Å². The molecule has 0 bridgehead atoms. The van der Waals surface area contributed by atoms with Gasteiger partial charge in [-0.25, -0.2) is 0 Å². The minimum atomic E-state index is 0.110. The molecule has 4 nitrogen and oxygen atoms in total. The van der Waals surface area contributed by atoms with E-state index >= 15 is 0 Å². The lowest BCUT2D eigenvalue weighted by Gasteiger charge is -2.35. The molecule has 1 aliphatic heterocycles. The highest BCUT2D eigenvalue weighted by atomic mass is 16.5. The number of rotatable bonds is 5. The molecular weight excluding hydrogens is 276 g/mol. The van der Waals surface area contributed by atoms with Gasteiger partial charge in [-0.3, -0.25) is 4.79 Å². The van der Waals surface area contributed by atoms with Crippen LogP contribution in [0.4, 0.5) is 0 Å². The molecular formula is C18H26N2O2. The molecule has 2 fully saturated rings. The third-order valence-corrected chi connectivity index (χ3v) is 4.37. The molecule has 1 aliphatic carbocycles. The Kier molecular flexibility index (Phi) is 4.79. The van der Waals surface area contributed by atoms with Crippen LogP contribution in [-0.2, 0) is 11.3 Å². The first-order valence-electron chi connectivity index (χ1n) is 8.36. The fourth-order valence-electron chi connectivity index (χ4n) is 3.03. The number of carbonyl (C=O) groups excluding carboxylic acids is 1. The van der Waals surface area contributed by atoms with Gasteiger partial charge in [0, 0.05) is 25.2 Å². The molecule has 2 aliphatic rings. The number of morpholine rings is 1. The molecule has 1 aromatic carbocycles. The van der Waals surface area contributed by atoms with Crippen LogP contribution in [0.2, 0.25) is 0 Å². The largest absolute Gasteiger partial charge is 0.372 e. The van der Waals surface area contributed by atoms with Gasteiger partial charge < -0.3 is 15.0 Å². The molecule has 3 rings (SSSR count). The molecule has 1 amide bonds. The van der Waals surface area contributed by atoms with Crippen LogP contribution in [0, 0.1) is 5.92 Å². The Morgan fingerprint density at radius 1 is 1.18 bits per heavy atom. The molecule has 4 heteroatoms. The van der Waals surface area contributed by atoms with Crippen molar-refractivity contribution in [3.05, 3.63) is 35.4 Å². The van der Waals surface area contributed by atoms with Crippen molar-refractivity contribution in [3.63, 3.8) is 0 Å². The zero-order chi connectivity index (χ0) is 15.5. The van der Waals surface area contributed by atoms with Gasteiger partial charge in [0.05, 0.1) is 12.2 Å². The lowest BCUT2D eigenvalue weighted by Crippen LogP contribution is -2.48. The van der Waals surface area contributed by atoms with Crippen molar-refractivity contribution in [2.75, 3.05) is 19.6 Å². The number of nitrogens with one attached hydrogen (secondary N) is 1. The molecule has 0 spiro atoms. The van der Waals surface area contributed by atoms with Crippen molar-refractivity contribution >= 4 is 5.91 Å². The Labute approximate surface area is 132 Å². The van der Waals surface area contributed by atoms with Gasteiger partial charge in [0.2, 0.25) is 0 Å². The van der Waals surface area contributed by atoms with Crippen LogP contribution >= 0.6 is 0 Å². The van der Waals surface area contributed by atoms with E-state index in [9.17, 15) is 4.79 Å². The van der Waals surface area contributed by atoms with Gasteiger partial charge in [-0.1, -0.05) is 12.1 Å². The standard InChI is InChI=1S/C18H26N2O2/c1-13-11-20(12-14(2)22-13)18(21)17-7-5-16(6-8-17)10-19-9-15-3-4-15/h5-8,13-15,19H,3-4,9-12H2,1-2H3. The molecule has 22 heavy (non-hydrogen) atoms. The van der Waals surface area contributed by atoms with Gasteiger partial charge in [0.1, 0.15) is 0 Å². The average molecular weight is 302 g/mol. The summed E-state index contributed by atoms with van der Waals surface area (Å²) in [6, 6.07) is 8.00. The maximum absolute atomic E-state index is 12.6. The summed E-state index contributed by atoms with van der Waals surface area (Å²) in [6.07, 6.45) is 2.96. The van der Waals surface area contributed by atoms with E-state index in [0.717, 1.165) is 24.6 Å². The van der Waals surface area contributed by atoms with E-state index in [2.05, 4.69) is 17.4 Å². The first-order chi connectivity index (χ1) is 10.6. The van der Waals surface area contributed by atoms with Crippen LogP contribution in [0.15, 0.2) is 24.3 Å². The van der Waals surface area contributed by atoms with Crippen LogP contribution in [0.25, 0.3) is 0 Å². The van der Waals surface area contributed by atoms with Crippen LogP contribution in [0.5, 0.6) is 0 Å². The first kappa shape index (κ1) is 15.5. The minimum absolute atomic E-state index is 0.110. The summed E-state index contributed by atoms with van der Waals surface area (Å²) in [5.74, 6) is 1.01. The average Bonchev–Trinajstić information content (AvgIpc) is 3.30. The van der Waals surface area contributed by atoms with Crippen molar-refractivity contribution in [3.8, 4) is 0 Å². The predicted molar refractivity (Wildman–Crippen MR) is 86.8 cm³/mol. The predicted octanol–water partition coefficient (Wildman–Crippen LogP) is 2.44. The Morgan fingerprint density at radius 3 is 2.41 bits per heavy atom. The number of hydrogen-bond donors (Lipinski definition) is 1. The fourth-order valence-corrected chi connectivity index (χ4v) is 3.03. The summed E-state index contributed by atoms with van der Waals surface area (Å²) in [4.78, 5) is 14.5. The van der Waals surface area contributed by atoms with E-state index in [1.54, 1.807) is 0 Å². The normalized spacial score (nSPS) is 25.3. The van der Waals surface area contributed by atoms with E-state index in [4.69, 9.17) is 4.74 Å². The number of ether oxygens (including phenoxy) is 1. The second kappa shape index (κ2) is 6.80. The summed E-state index contributed by atoms with van der Waals surface area (Å²) in [7, 11) is 0. The van der Waals surface area contributed by atoms with E-state index < -0.39 is 0 Å². The molecule has 1 aromatic rings. The second-order valence-corrected chi connectivity index (χ2v) is 6.74. The van der Waals surface area contributed by atoms with Crippen LogP contribution in [-0.4, -0.2) is 42.6 Å². The van der Waals surface area contributed by atoms with Crippen molar-refractivity contribution in [2.45, 2.75) is 45.4 Å². The van der Waals surface area contributed by atoms with Gasteiger partial charge in [0.25, 0.3) is 5.91 Å². The third kappa shape index (κ3) is 4.08. The SMILES string of the molecule is CC1CN(C(=O)c2ccc(CNCC3CC3)cc2)CC(C)O1. The maximum atomic E-state index is 12.6. The molecule has 1 heterocycles. The van der Waals surface area contributed by atoms with E-state index in [1.165, 1.54) is 18.4 Å². The van der Waals surface area contributed by atoms with E-state index in [0.29, 0.717) is 13.1 Å². The lowest BCUT2D eigenvalue weighted by molar-refractivity contribution is -0.0586. The van der Waals surface area contributed by atoms with Crippen LogP contribution in [0.1, 0.15) is 42.6 Å². The Morgan fingerprint density at radius 2 is 1.82 bits per heavy atom.